The number of aromatic nitrogens is 2. The van der Waals surface area contributed by atoms with E-state index < -0.39 is 17.5 Å². The van der Waals surface area contributed by atoms with Gasteiger partial charge in [-0.15, -0.1) is 0 Å². The number of rotatable bonds is 4. The van der Waals surface area contributed by atoms with Crippen LogP contribution in [-0.2, 0) is 9.47 Å². The van der Waals surface area contributed by atoms with E-state index in [1.807, 2.05) is 43.4 Å². The summed E-state index contributed by atoms with van der Waals surface area (Å²) in [6.07, 6.45) is 2.58. The molecule has 2 unspecified atom stereocenters. The molecule has 9 heteroatoms. The Balaban J connectivity index is 1.46. The van der Waals surface area contributed by atoms with Crippen molar-refractivity contribution in [2.24, 2.45) is 0 Å². The van der Waals surface area contributed by atoms with Crippen molar-refractivity contribution in [1.82, 2.24) is 14.3 Å². The molecule has 2 aromatic heterocycles. The summed E-state index contributed by atoms with van der Waals surface area (Å²) in [7, 11) is 1.61. The smallest absolute Gasteiger partial charge is 0.410 e. The van der Waals surface area contributed by atoms with E-state index in [0.717, 1.165) is 21.5 Å². The molecule has 1 aliphatic rings. The molecule has 2 aromatic carbocycles. The molecule has 5 rings (SSSR count). The summed E-state index contributed by atoms with van der Waals surface area (Å²) in [6.45, 7) is 5.84. The highest BCUT2D eigenvalue weighted by Gasteiger charge is 2.38. The highest BCUT2D eigenvalue weighted by molar-refractivity contribution is 7.23. The molecule has 1 aliphatic heterocycles. The number of fused-ring (bicyclic) bond motifs is 3. The van der Waals surface area contributed by atoms with Crippen LogP contribution in [0.25, 0.3) is 26.4 Å². The van der Waals surface area contributed by atoms with Crippen molar-refractivity contribution >= 4 is 38.9 Å². The van der Waals surface area contributed by atoms with Gasteiger partial charge in [-0.3, -0.25) is 14.1 Å². The maximum Gasteiger partial charge on any atom is 0.410 e. The maximum atomic E-state index is 15.4. The first-order valence-electron chi connectivity index (χ1n) is 11.4. The zero-order valence-corrected chi connectivity index (χ0v) is 20.8. The minimum Gasteiger partial charge on any atom is -0.444 e. The third-order valence-electron chi connectivity index (χ3n) is 6.13. The predicted molar refractivity (Wildman–Crippen MR) is 132 cm³/mol. The fraction of sp³-hybridized carbons (Fsp3) is 0.346. The van der Waals surface area contributed by atoms with Crippen LogP contribution in [0.1, 0.15) is 49.2 Å². The lowest BCUT2D eigenvalue weighted by atomic mass is 10.0. The molecule has 182 valence electrons. The first-order chi connectivity index (χ1) is 16.7. The molecule has 1 amide bonds. The summed E-state index contributed by atoms with van der Waals surface area (Å²) in [4.78, 5) is 30.8. The number of likely N-dealkylation sites (tertiary alicyclic amines) is 1. The predicted octanol–water partition coefficient (Wildman–Crippen LogP) is 5.86. The summed E-state index contributed by atoms with van der Waals surface area (Å²) < 4.78 is 29.3. The molecule has 1 fully saturated rings. The molecule has 3 heterocycles. The van der Waals surface area contributed by atoms with Crippen molar-refractivity contribution in [2.75, 3.05) is 13.7 Å². The molecule has 0 N–H and O–H groups in total. The Kier molecular flexibility index (Phi) is 5.85. The second kappa shape index (κ2) is 8.73. The molecule has 2 atom stereocenters. The third kappa shape index (κ3) is 4.41. The fourth-order valence-electron chi connectivity index (χ4n) is 4.47. The number of aldehydes is 1. The number of thiazole rings is 1. The van der Waals surface area contributed by atoms with Gasteiger partial charge in [-0.1, -0.05) is 17.4 Å². The largest absolute Gasteiger partial charge is 0.444 e. The number of nitrogens with zero attached hydrogens (tertiary/aromatic N) is 3. The number of imidazole rings is 1. The zero-order valence-electron chi connectivity index (χ0n) is 19.9. The van der Waals surface area contributed by atoms with Crippen LogP contribution in [-0.4, -0.2) is 52.0 Å². The first-order valence-corrected chi connectivity index (χ1v) is 12.2. The highest BCUT2D eigenvalue weighted by atomic mass is 32.1. The minimum absolute atomic E-state index is 0.150. The molecule has 7 nitrogen and oxygen atoms in total. The van der Waals surface area contributed by atoms with Gasteiger partial charge in [-0.2, -0.15) is 0 Å². The van der Waals surface area contributed by atoms with E-state index in [0.29, 0.717) is 35.3 Å². The fourth-order valence-corrected chi connectivity index (χ4v) is 5.53. The molecule has 0 spiro atoms. The van der Waals surface area contributed by atoms with Gasteiger partial charge in [-0.25, -0.2) is 14.2 Å². The number of halogens is 1. The van der Waals surface area contributed by atoms with E-state index in [1.165, 1.54) is 17.4 Å². The Morgan fingerprint density at radius 3 is 2.71 bits per heavy atom. The van der Waals surface area contributed by atoms with E-state index in [9.17, 15) is 9.59 Å². The topological polar surface area (TPSA) is 73.1 Å². The van der Waals surface area contributed by atoms with Gasteiger partial charge in [0.05, 0.1) is 34.6 Å². The Morgan fingerprint density at radius 1 is 1.23 bits per heavy atom. The van der Waals surface area contributed by atoms with Crippen molar-refractivity contribution in [3.8, 4) is 11.3 Å². The summed E-state index contributed by atoms with van der Waals surface area (Å²) in [5.41, 5.74) is 2.47. The van der Waals surface area contributed by atoms with Crippen molar-refractivity contribution in [1.29, 1.82) is 0 Å². The molecule has 35 heavy (non-hydrogen) atoms. The number of ether oxygens (including phenoxy) is 2. The second-order valence-electron chi connectivity index (χ2n) is 9.71. The Bertz CT molecular complexity index is 1440. The van der Waals surface area contributed by atoms with Crippen molar-refractivity contribution in [3.63, 3.8) is 0 Å². The summed E-state index contributed by atoms with van der Waals surface area (Å²) in [6, 6.07) is 10.1. The van der Waals surface area contributed by atoms with Crippen LogP contribution in [0.2, 0.25) is 0 Å². The van der Waals surface area contributed by atoms with Crippen LogP contribution in [0, 0.1) is 5.82 Å². The first kappa shape index (κ1) is 23.4. The summed E-state index contributed by atoms with van der Waals surface area (Å²) in [5, 5.41) is 0. The number of carbonyl (C=O) groups is 2. The number of methoxy groups -OCH3 is 1. The van der Waals surface area contributed by atoms with Gasteiger partial charge >= 0.3 is 6.09 Å². The van der Waals surface area contributed by atoms with Crippen LogP contribution < -0.4 is 0 Å². The average Bonchev–Trinajstić information content (AvgIpc) is 3.50. The van der Waals surface area contributed by atoms with Gasteiger partial charge in [0.1, 0.15) is 17.7 Å². The molecule has 0 radical (unpaired) electrons. The van der Waals surface area contributed by atoms with Gasteiger partial charge in [0, 0.05) is 30.9 Å². The van der Waals surface area contributed by atoms with Crippen LogP contribution in [0.3, 0.4) is 0 Å². The Morgan fingerprint density at radius 2 is 2.03 bits per heavy atom. The monoisotopic (exact) mass is 495 g/mol. The Labute approximate surface area is 206 Å². The number of amides is 1. The molecule has 0 aliphatic carbocycles. The second-order valence-corrected chi connectivity index (χ2v) is 10.7. The molecular formula is C26H26FN3O4S. The van der Waals surface area contributed by atoms with Gasteiger partial charge in [-0.05, 0) is 56.7 Å². The normalized spacial score (nSPS) is 18.5. The van der Waals surface area contributed by atoms with Gasteiger partial charge in [0.2, 0.25) is 0 Å². The average molecular weight is 496 g/mol. The molecule has 4 aromatic rings. The minimum atomic E-state index is -0.630. The van der Waals surface area contributed by atoms with E-state index in [-0.39, 0.29) is 12.1 Å². The van der Waals surface area contributed by atoms with Crippen molar-refractivity contribution < 1.29 is 23.5 Å². The molecule has 1 saturated heterocycles. The SMILES string of the molecule is COC1CC(c2ccc(-c3cn4c(n3)sc3cc(C=O)ccc34)c(F)c2)N(C(=O)OC(C)(C)C)C1. The molecule has 0 bridgehead atoms. The highest BCUT2D eigenvalue weighted by Crippen LogP contribution is 2.37. The van der Waals surface area contributed by atoms with Crippen LogP contribution in [0.5, 0.6) is 0 Å². The van der Waals surface area contributed by atoms with Gasteiger partial charge in [0.15, 0.2) is 4.96 Å². The van der Waals surface area contributed by atoms with Gasteiger partial charge in [0.25, 0.3) is 0 Å². The quantitative estimate of drug-likeness (QED) is 0.331. The van der Waals surface area contributed by atoms with E-state index in [1.54, 1.807) is 30.3 Å². The lowest BCUT2D eigenvalue weighted by Crippen LogP contribution is -2.37. The lowest BCUT2D eigenvalue weighted by Gasteiger charge is -2.28. The zero-order chi connectivity index (χ0) is 24.9. The van der Waals surface area contributed by atoms with Crippen LogP contribution >= 0.6 is 11.3 Å². The van der Waals surface area contributed by atoms with Gasteiger partial charge < -0.3 is 9.47 Å². The van der Waals surface area contributed by atoms with Crippen LogP contribution in [0.4, 0.5) is 9.18 Å². The summed E-state index contributed by atoms with van der Waals surface area (Å²) in [5.74, 6) is -0.411. The molecule has 0 saturated carbocycles. The summed E-state index contributed by atoms with van der Waals surface area (Å²) >= 11 is 1.45. The van der Waals surface area contributed by atoms with Crippen molar-refractivity contribution in [3.05, 3.63) is 59.5 Å². The van der Waals surface area contributed by atoms with Crippen LogP contribution in [0.15, 0.2) is 42.6 Å². The Hall–Kier alpha value is -3.30. The molecular weight excluding hydrogens is 469 g/mol. The number of hydrogen-bond donors (Lipinski definition) is 0. The standard InChI is InChI=1S/C26H26FN3O4S/c1-26(2,3)34-25(32)30-12-17(33-4)11-22(30)16-6-7-18(19(27)10-16)20-13-29-21-8-5-15(14-31)9-23(21)35-24(29)28-20/h5-10,13-14,17,22H,11-12H2,1-4H3. The number of hydrogen-bond acceptors (Lipinski definition) is 6. The number of carbonyl (C=O) groups excluding carboxylic acids is 2. The van der Waals surface area contributed by atoms with E-state index in [2.05, 4.69) is 4.98 Å². The number of benzene rings is 2. The van der Waals surface area contributed by atoms with E-state index in [4.69, 9.17) is 9.47 Å². The van der Waals surface area contributed by atoms with E-state index >= 15 is 4.39 Å². The lowest BCUT2D eigenvalue weighted by molar-refractivity contribution is 0.0194. The third-order valence-corrected chi connectivity index (χ3v) is 7.15. The van der Waals surface area contributed by atoms with Crippen molar-refractivity contribution in [2.45, 2.75) is 44.9 Å². The maximum absolute atomic E-state index is 15.4.